The number of rotatable bonds is 6. The molecule has 0 saturated carbocycles. The van der Waals surface area contributed by atoms with E-state index in [1.54, 1.807) is 11.3 Å². The van der Waals surface area contributed by atoms with Gasteiger partial charge < -0.3 is 4.42 Å². The van der Waals surface area contributed by atoms with Crippen LogP contribution in [0.2, 0.25) is 0 Å². The molecule has 0 spiro atoms. The van der Waals surface area contributed by atoms with E-state index in [-0.39, 0.29) is 0 Å². The molecule has 10 rings (SSSR count). The van der Waals surface area contributed by atoms with Crippen molar-refractivity contribution in [2.45, 2.75) is 12.8 Å². The first-order valence-corrected chi connectivity index (χ1v) is 18.2. The maximum Gasteiger partial charge on any atom is 0.160 e. The van der Waals surface area contributed by atoms with Crippen LogP contribution in [0.4, 0.5) is 0 Å². The second kappa shape index (κ2) is 12.6. The van der Waals surface area contributed by atoms with Crippen molar-refractivity contribution in [3.05, 3.63) is 175 Å². The number of aromatic nitrogens is 3. The number of nitrogens with zero attached hydrogens (tertiary/aromatic N) is 3. The molecular formula is C47H29N3OS. The molecule has 0 N–H and O–H groups in total. The van der Waals surface area contributed by atoms with Crippen molar-refractivity contribution in [3.8, 4) is 44.3 Å². The van der Waals surface area contributed by atoms with Crippen LogP contribution in [-0.4, -0.2) is 15.0 Å². The van der Waals surface area contributed by atoms with Crippen LogP contribution in [0.15, 0.2) is 156 Å². The van der Waals surface area contributed by atoms with Gasteiger partial charge in [-0.15, -0.1) is 11.3 Å². The minimum Gasteiger partial charge on any atom is -0.456 e. The number of allylic oxidation sites excluding steroid dienone is 4. The largest absolute Gasteiger partial charge is 0.456 e. The average Bonchev–Trinajstić information content (AvgIpc) is 3.84. The van der Waals surface area contributed by atoms with Crippen molar-refractivity contribution in [1.29, 1.82) is 0 Å². The van der Waals surface area contributed by atoms with Crippen LogP contribution in [-0.2, 0) is 0 Å². The van der Waals surface area contributed by atoms with Crippen LogP contribution in [0.3, 0.4) is 0 Å². The molecule has 0 atom stereocenters. The standard InChI is InChI=1S/C47H29N3OS/c1-3-12-30(13-4-1)32-24-26-33(27-25-32)39-29-40(49-46(48-39)35-17-9-16-34(28-35)31-14-5-2-6-15-31)36-18-10-21-41-44(36)45-37(19-11-22-42(45)51-41)47-50-38-20-7-8-23-43(38)52-47/h1-6,8-19,21-24,26,28-29H,25,27H2. The van der Waals surface area contributed by atoms with E-state index in [1.165, 1.54) is 16.7 Å². The molecule has 0 fully saturated rings. The SMILES string of the molecule is c1ccc2sc(-c3cccc4oc5cccc(-c6cc(C7=CC=C(c8ccccc8)CC7)nc(-c7cccc(-c8ccccc8)c7)n6)c5c34)nc2c#1. The number of hydrogen-bond donors (Lipinski definition) is 0. The maximum atomic E-state index is 6.53. The molecule has 0 saturated heterocycles. The summed E-state index contributed by atoms with van der Waals surface area (Å²) in [7, 11) is 0. The fraction of sp³-hybridized carbons (Fsp3) is 0.0426. The minimum atomic E-state index is 0.687. The van der Waals surface area contributed by atoms with Crippen LogP contribution in [0.5, 0.6) is 0 Å². The van der Waals surface area contributed by atoms with Crippen LogP contribution in [0.1, 0.15) is 24.1 Å². The fourth-order valence-electron chi connectivity index (χ4n) is 7.23. The Morgan fingerprint density at radius 3 is 1.96 bits per heavy atom. The van der Waals surface area contributed by atoms with Crippen LogP contribution >= 0.6 is 11.3 Å². The van der Waals surface area contributed by atoms with E-state index in [9.17, 15) is 0 Å². The number of hydrogen-bond acceptors (Lipinski definition) is 5. The molecule has 0 bridgehead atoms. The van der Waals surface area contributed by atoms with Gasteiger partial charge >= 0.3 is 0 Å². The lowest BCUT2D eigenvalue weighted by Gasteiger charge is -2.17. The van der Waals surface area contributed by atoms with Gasteiger partial charge in [0.05, 0.1) is 16.1 Å². The van der Waals surface area contributed by atoms with Gasteiger partial charge in [-0.2, -0.15) is 0 Å². The molecule has 3 heterocycles. The molecular weight excluding hydrogens is 655 g/mol. The molecule has 1 aliphatic carbocycles. The van der Waals surface area contributed by atoms with Gasteiger partial charge in [0.15, 0.2) is 5.82 Å². The van der Waals surface area contributed by atoms with Crippen molar-refractivity contribution < 1.29 is 4.42 Å². The summed E-state index contributed by atoms with van der Waals surface area (Å²) in [5.41, 5.74) is 13.3. The third-order valence-electron chi connectivity index (χ3n) is 9.77. The highest BCUT2D eigenvalue weighted by atomic mass is 32.1. The molecule has 0 unspecified atom stereocenters. The quantitative estimate of drug-likeness (QED) is 0.175. The van der Waals surface area contributed by atoms with Crippen LogP contribution in [0.25, 0.3) is 87.6 Å². The minimum absolute atomic E-state index is 0.687. The Bertz CT molecular complexity index is 2810. The lowest BCUT2D eigenvalue weighted by molar-refractivity contribution is 0.669. The Labute approximate surface area is 305 Å². The zero-order valence-electron chi connectivity index (χ0n) is 28.0. The summed E-state index contributed by atoms with van der Waals surface area (Å²) >= 11 is 1.66. The molecule has 52 heavy (non-hydrogen) atoms. The molecule has 1 aliphatic rings. The van der Waals surface area contributed by atoms with Crippen molar-refractivity contribution in [1.82, 2.24) is 15.0 Å². The van der Waals surface area contributed by atoms with Gasteiger partial charge in [-0.1, -0.05) is 121 Å². The van der Waals surface area contributed by atoms with Crippen molar-refractivity contribution in [3.63, 3.8) is 0 Å². The summed E-state index contributed by atoms with van der Waals surface area (Å²) in [6.45, 7) is 0. The molecule has 9 aromatic rings. The first kappa shape index (κ1) is 30.2. The van der Waals surface area contributed by atoms with Crippen LogP contribution < -0.4 is 0 Å². The highest BCUT2D eigenvalue weighted by Crippen LogP contribution is 2.43. The summed E-state index contributed by atoms with van der Waals surface area (Å²) in [4.78, 5) is 15.5. The summed E-state index contributed by atoms with van der Waals surface area (Å²) in [5, 5.41) is 2.96. The third kappa shape index (κ3) is 5.38. The van der Waals surface area contributed by atoms with E-state index >= 15 is 0 Å². The smallest absolute Gasteiger partial charge is 0.160 e. The normalized spacial score (nSPS) is 12.9. The molecule has 244 valence electrons. The van der Waals surface area contributed by atoms with Crippen molar-refractivity contribution in [2.75, 3.05) is 0 Å². The fourth-order valence-corrected chi connectivity index (χ4v) is 8.18. The Kier molecular flexibility index (Phi) is 7.34. The van der Waals surface area contributed by atoms with Gasteiger partial charge in [0.2, 0.25) is 0 Å². The molecule has 0 aliphatic heterocycles. The van der Waals surface area contributed by atoms with E-state index in [0.29, 0.717) is 5.82 Å². The van der Waals surface area contributed by atoms with Gasteiger partial charge in [-0.25, -0.2) is 15.0 Å². The molecule has 5 heteroatoms. The van der Waals surface area contributed by atoms with Gasteiger partial charge in [0, 0.05) is 27.5 Å². The second-order valence-electron chi connectivity index (χ2n) is 13.0. The Balaban J connectivity index is 1.18. The highest BCUT2D eigenvalue weighted by molar-refractivity contribution is 7.21. The topological polar surface area (TPSA) is 51.8 Å². The monoisotopic (exact) mass is 683 g/mol. The lowest BCUT2D eigenvalue weighted by atomic mass is 9.91. The maximum absolute atomic E-state index is 6.53. The van der Waals surface area contributed by atoms with Gasteiger partial charge in [-0.05, 0) is 83.1 Å². The predicted molar refractivity (Wildman–Crippen MR) is 214 cm³/mol. The molecule has 4 nitrogen and oxygen atoms in total. The first-order chi connectivity index (χ1) is 25.7. The van der Waals surface area contributed by atoms with E-state index in [2.05, 4.69) is 127 Å². The third-order valence-corrected chi connectivity index (χ3v) is 10.8. The summed E-state index contributed by atoms with van der Waals surface area (Å²) in [5.74, 6) is 0.687. The number of fused-ring (bicyclic) bond motifs is 4. The van der Waals surface area contributed by atoms with Crippen molar-refractivity contribution >= 4 is 54.6 Å². The van der Waals surface area contributed by atoms with Crippen LogP contribution in [0, 0.1) is 12.1 Å². The van der Waals surface area contributed by atoms with E-state index < -0.39 is 0 Å². The second-order valence-corrected chi connectivity index (χ2v) is 14.0. The molecule has 0 radical (unpaired) electrons. The van der Waals surface area contributed by atoms with Gasteiger partial charge in [-0.3, -0.25) is 0 Å². The first-order valence-electron chi connectivity index (χ1n) is 17.4. The zero-order chi connectivity index (χ0) is 34.4. The average molecular weight is 684 g/mol. The lowest BCUT2D eigenvalue weighted by Crippen LogP contribution is -2.01. The number of benzene rings is 5. The summed E-state index contributed by atoms with van der Waals surface area (Å²) in [6, 6.07) is 54.3. The van der Waals surface area contributed by atoms with E-state index in [1.807, 2.05) is 36.4 Å². The zero-order valence-corrected chi connectivity index (χ0v) is 28.8. The molecule has 0 amide bonds. The van der Waals surface area contributed by atoms with E-state index in [0.717, 1.165) is 89.2 Å². The van der Waals surface area contributed by atoms with E-state index in [4.69, 9.17) is 19.4 Å². The summed E-state index contributed by atoms with van der Waals surface area (Å²) in [6.07, 6.45) is 6.30. The van der Waals surface area contributed by atoms with Gasteiger partial charge in [0.25, 0.3) is 0 Å². The van der Waals surface area contributed by atoms with Crippen molar-refractivity contribution in [2.24, 2.45) is 0 Å². The predicted octanol–water partition coefficient (Wildman–Crippen LogP) is 12.5. The number of thiazole rings is 1. The molecule has 6 aromatic carbocycles. The Morgan fingerprint density at radius 1 is 0.538 bits per heavy atom. The van der Waals surface area contributed by atoms with Gasteiger partial charge in [0.1, 0.15) is 21.7 Å². The Hall–Kier alpha value is -6.61. The highest BCUT2D eigenvalue weighted by Gasteiger charge is 2.21. The number of furan rings is 1. The molecule has 3 aromatic heterocycles. The summed E-state index contributed by atoms with van der Waals surface area (Å²) < 4.78 is 7.61. The Morgan fingerprint density at radius 2 is 1.19 bits per heavy atom.